The molecular weight excluding hydrogens is 654 g/mol. The van der Waals surface area contributed by atoms with E-state index in [0.29, 0.717) is 0 Å². The summed E-state index contributed by atoms with van der Waals surface area (Å²) in [7, 11) is 0. The van der Waals surface area contributed by atoms with Crippen LogP contribution in [0.2, 0.25) is 0 Å². The van der Waals surface area contributed by atoms with E-state index in [1.165, 1.54) is 12.1 Å². The van der Waals surface area contributed by atoms with Crippen LogP contribution in [0.4, 0.5) is 26.3 Å². The van der Waals surface area contributed by atoms with Crippen molar-refractivity contribution in [3.8, 4) is 0 Å². The van der Waals surface area contributed by atoms with E-state index in [9.17, 15) is 31.1 Å². The number of alkyl halides is 8. The number of carbonyl (C=O) groups is 1. The lowest BCUT2D eigenvalue weighted by atomic mass is 9.91. The molecule has 0 saturated carbocycles. The van der Waals surface area contributed by atoms with Crippen LogP contribution < -0.4 is 0 Å². The number of halogens is 10. The molecule has 2 rings (SSSR count). The van der Waals surface area contributed by atoms with E-state index in [2.05, 4.69) is 63.7 Å². The minimum atomic E-state index is -4.74. The zero-order chi connectivity index (χ0) is 21.4. The molecule has 0 saturated heterocycles. The van der Waals surface area contributed by atoms with Crippen LogP contribution in [0.5, 0.6) is 0 Å². The van der Waals surface area contributed by atoms with Gasteiger partial charge in [-0.2, -0.15) is 26.3 Å². The van der Waals surface area contributed by atoms with Crippen molar-refractivity contribution in [1.29, 1.82) is 0 Å². The smallest absolute Gasteiger partial charge is 0.289 e. The summed E-state index contributed by atoms with van der Waals surface area (Å²) in [5.74, 6) is -0.942. The normalized spacial score (nSPS) is 12.4. The lowest BCUT2D eigenvalue weighted by Crippen LogP contribution is -2.17. The fraction of sp³-hybridized carbons (Fsp3) is 0.235. The van der Waals surface area contributed by atoms with Crippen molar-refractivity contribution >= 4 is 69.5 Å². The highest BCUT2D eigenvalue weighted by Crippen LogP contribution is 2.40. The second-order valence-electron chi connectivity index (χ2n) is 5.55. The summed E-state index contributed by atoms with van der Waals surface area (Å²) in [5, 5.41) is -0.611. The Morgan fingerprint density at radius 2 is 1.04 bits per heavy atom. The molecule has 0 unspecified atom stereocenters. The average Bonchev–Trinajstić information content (AvgIpc) is 2.58. The Kier molecular flexibility index (Phi) is 7.48. The van der Waals surface area contributed by atoms with Gasteiger partial charge in [0.2, 0.25) is 0 Å². The standard InChI is InChI=1S/C17H8Br4F6O/c18-5-11-9(1-7(20)3-13(11)16(22,23)24)15(28)10-2-8(21)4-14(12(10)6-19)17(25,26)27/h1-4H,5-6H2. The van der Waals surface area contributed by atoms with Gasteiger partial charge in [0.1, 0.15) is 0 Å². The predicted octanol–water partition coefficient (Wildman–Crippen LogP) is 8.27. The van der Waals surface area contributed by atoms with Gasteiger partial charge in [-0.25, -0.2) is 0 Å². The summed E-state index contributed by atoms with van der Waals surface area (Å²) in [6, 6.07) is 3.97. The monoisotopic (exact) mass is 658 g/mol. The van der Waals surface area contributed by atoms with Gasteiger partial charge < -0.3 is 0 Å². The van der Waals surface area contributed by atoms with Crippen molar-refractivity contribution in [3.63, 3.8) is 0 Å². The van der Waals surface area contributed by atoms with Crippen LogP contribution in [0.25, 0.3) is 0 Å². The molecule has 0 N–H and O–H groups in total. The molecule has 0 amide bonds. The summed E-state index contributed by atoms with van der Waals surface area (Å²) in [5.41, 5.74) is -3.48. The molecule has 0 heterocycles. The van der Waals surface area contributed by atoms with Crippen LogP contribution in [-0.4, -0.2) is 5.78 Å². The van der Waals surface area contributed by atoms with Gasteiger partial charge in [-0.3, -0.25) is 4.79 Å². The molecule has 2 aromatic rings. The van der Waals surface area contributed by atoms with Crippen molar-refractivity contribution in [1.82, 2.24) is 0 Å². The van der Waals surface area contributed by atoms with E-state index in [4.69, 9.17) is 0 Å². The first kappa shape index (κ1) is 23.9. The zero-order valence-electron chi connectivity index (χ0n) is 13.4. The first-order valence-electron chi connectivity index (χ1n) is 7.27. The Morgan fingerprint density at radius 3 is 1.29 bits per heavy atom. The maximum Gasteiger partial charge on any atom is 0.416 e. The number of carbonyl (C=O) groups excluding carboxylic acids is 1. The Hall–Kier alpha value is -0.390. The predicted molar refractivity (Wildman–Crippen MR) is 107 cm³/mol. The maximum absolute atomic E-state index is 13.4. The van der Waals surface area contributed by atoms with Gasteiger partial charge in [-0.05, 0) is 35.4 Å². The molecule has 0 atom stereocenters. The topological polar surface area (TPSA) is 17.1 Å². The van der Waals surface area contributed by atoms with Crippen molar-refractivity contribution in [2.75, 3.05) is 0 Å². The van der Waals surface area contributed by atoms with Crippen LogP contribution in [0.3, 0.4) is 0 Å². The summed E-state index contributed by atoms with van der Waals surface area (Å²) in [4.78, 5) is 13.1. The van der Waals surface area contributed by atoms with Gasteiger partial charge in [-0.15, -0.1) is 0 Å². The van der Waals surface area contributed by atoms with Crippen LogP contribution in [0.15, 0.2) is 33.2 Å². The molecule has 2 aromatic carbocycles. The van der Waals surface area contributed by atoms with Crippen molar-refractivity contribution in [3.05, 3.63) is 66.6 Å². The Bertz CT molecular complexity index is 848. The highest BCUT2D eigenvalue weighted by Gasteiger charge is 2.38. The summed E-state index contributed by atoms with van der Waals surface area (Å²) in [6.07, 6.45) is -9.48. The summed E-state index contributed by atoms with van der Waals surface area (Å²) >= 11 is 11.8. The SMILES string of the molecule is O=C(c1cc(Br)cc(C(F)(F)F)c1CBr)c1cc(Br)cc(C(F)(F)F)c1CBr. The van der Waals surface area contributed by atoms with Crippen molar-refractivity contribution in [2.24, 2.45) is 0 Å². The molecule has 0 fully saturated rings. The van der Waals surface area contributed by atoms with E-state index in [1.54, 1.807) is 0 Å². The summed E-state index contributed by atoms with van der Waals surface area (Å²) < 4.78 is 80.2. The van der Waals surface area contributed by atoms with Gasteiger partial charge in [0.15, 0.2) is 5.78 Å². The Morgan fingerprint density at radius 1 is 0.714 bits per heavy atom. The largest absolute Gasteiger partial charge is 0.416 e. The quantitative estimate of drug-likeness (QED) is 0.183. The third-order valence-electron chi connectivity index (χ3n) is 3.80. The second kappa shape index (κ2) is 8.77. The highest BCUT2D eigenvalue weighted by molar-refractivity contribution is 9.10. The lowest BCUT2D eigenvalue weighted by Gasteiger charge is -2.19. The van der Waals surface area contributed by atoms with Gasteiger partial charge in [0.25, 0.3) is 0 Å². The number of hydrogen-bond donors (Lipinski definition) is 0. The highest BCUT2D eigenvalue weighted by atomic mass is 79.9. The van der Waals surface area contributed by atoms with Crippen LogP contribution >= 0.6 is 63.7 Å². The van der Waals surface area contributed by atoms with Gasteiger partial charge >= 0.3 is 12.4 Å². The minimum Gasteiger partial charge on any atom is -0.289 e. The number of rotatable bonds is 4. The fourth-order valence-electron chi connectivity index (χ4n) is 2.62. The van der Waals surface area contributed by atoms with Crippen LogP contribution in [-0.2, 0) is 23.0 Å². The number of benzene rings is 2. The fourth-order valence-corrected chi connectivity index (χ4v) is 4.74. The number of ketones is 1. The second-order valence-corrected chi connectivity index (χ2v) is 8.50. The summed E-state index contributed by atoms with van der Waals surface area (Å²) in [6.45, 7) is 0. The van der Waals surface area contributed by atoms with Gasteiger partial charge in [-0.1, -0.05) is 63.7 Å². The first-order valence-corrected chi connectivity index (χ1v) is 11.1. The van der Waals surface area contributed by atoms with E-state index in [0.717, 1.165) is 12.1 Å². The molecule has 0 aliphatic carbocycles. The minimum absolute atomic E-state index is 0.0145. The molecular formula is C17H8Br4F6O. The van der Waals surface area contributed by atoms with Gasteiger partial charge in [0.05, 0.1) is 11.1 Å². The third kappa shape index (κ3) is 5.02. The Balaban J connectivity index is 2.81. The van der Waals surface area contributed by atoms with E-state index in [1.807, 2.05) is 0 Å². The first-order chi connectivity index (χ1) is 12.8. The van der Waals surface area contributed by atoms with Crippen LogP contribution in [0.1, 0.15) is 38.2 Å². The van der Waals surface area contributed by atoms with Crippen molar-refractivity contribution in [2.45, 2.75) is 23.0 Å². The zero-order valence-corrected chi connectivity index (χ0v) is 19.8. The maximum atomic E-state index is 13.4. The molecule has 1 nitrogen and oxygen atoms in total. The average molecular weight is 662 g/mol. The molecule has 0 radical (unpaired) electrons. The molecule has 0 aliphatic heterocycles. The molecule has 0 bridgehead atoms. The van der Waals surface area contributed by atoms with E-state index >= 15 is 0 Å². The molecule has 0 aromatic heterocycles. The lowest BCUT2D eigenvalue weighted by molar-refractivity contribution is -0.138. The van der Waals surface area contributed by atoms with E-state index in [-0.39, 0.29) is 41.9 Å². The molecule has 0 spiro atoms. The third-order valence-corrected chi connectivity index (χ3v) is 5.83. The number of hydrogen-bond acceptors (Lipinski definition) is 1. The Labute approximate surface area is 189 Å². The molecule has 28 heavy (non-hydrogen) atoms. The van der Waals surface area contributed by atoms with E-state index < -0.39 is 29.3 Å². The molecule has 152 valence electrons. The molecule has 11 heteroatoms. The van der Waals surface area contributed by atoms with Crippen molar-refractivity contribution < 1.29 is 31.1 Å². The van der Waals surface area contributed by atoms with Crippen LogP contribution in [0, 0.1) is 0 Å². The van der Waals surface area contributed by atoms with Gasteiger partial charge in [0, 0.05) is 30.7 Å². The molecule has 0 aliphatic rings.